The topological polar surface area (TPSA) is 49.7 Å². The largest absolute Gasteiger partial charge is 0.497 e. The fourth-order valence-electron chi connectivity index (χ4n) is 2.02. The van der Waals surface area contributed by atoms with Gasteiger partial charge < -0.3 is 14.9 Å². The van der Waals surface area contributed by atoms with Gasteiger partial charge in [-0.25, -0.2) is 0 Å². The molecule has 0 radical (unpaired) electrons. The second-order valence-electron chi connectivity index (χ2n) is 4.00. The first-order valence-electron chi connectivity index (χ1n) is 5.58. The van der Waals surface area contributed by atoms with Gasteiger partial charge in [0, 0.05) is 5.92 Å². The van der Waals surface area contributed by atoms with Crippen molar-refractivity contribution >= 4 is 10.8 Å². The van der Waals surface area contributed by atoms with Crippen molar-refractivity contribution in [3.05, 3.63) is 42.0 Å². The summed E-state index contributed by atoms with van der Waals surface area (Å²) in [6.07, 6.45) is 0. The lowest BCUT2D eigenvalue weighted by Gasteiger charge is -2.14. The van der Waals surface area contributed by atoms with Gasteiger partial charge in [-0.05, 0) is 28.5 Å². The predicted octanol–water partition coefficient (Wildman–Crippen LogP) is 1.92. The van der Waals surface area contributed by atoms with E-state index in [0.29, 0.717) is 0 Å². The summed E-state index contributed by atoms with van der Waals surface area (Å²) in [5, 5.41) is 20.6. The normalized spacial score (nSPS) is 11.1. The zero-order valence-electron chi connectivity index (χ0n) is 9.76. The molecule has 0 saturated heterocycles. The number of hydrogen-bond acceptors (Lipinski definition) is 3. The fraction of sp³-hybridized carbons (Fsp3) is 0.286. The molecule has 0 atom stereocenters. The van der Waals surface area contributed by atoms with Crippen LogP contribution in [0, 0.1) is 0 Å². The van der Waals surface area contributed by atoms with Crippen LogP contribution in [0.4, 0.5) is 0 Å². The van der Waals surface area contributed by atoms with Crippen molar-refractivity contribution < 1.29 is 14.9 Å². The molecule has 0 aliphatic heterocycles. The number of methoxy groups -OCH3 is 1. The van der Waals surface area contributed by atoms with Crippen LogP contribution in [0.15, 0.2) is 36.4 Å². The van der Waals surface area contributed by atoms with Crippen LogP contribution in [0.1, 0.15) is 11.5 Å². The zero-order valence-corrected chi connectivity index (χ0v) is 9.76. The molecule has 2 aromatic rings. The molecule has 0 aliphatic carbocycles. The molecule has 0 aliphatic rings. The Hall–Kier alpha value is -1.58. The Morgan fingerprint density at radius 2 is 1.88 bits per heavy atom. The molecule has 0 heterocycles. The Bertz CT molecular complexity index is 504. The van der Waals surface area contributed by atoms with Gasteiger partial charge in [0.05, 0.1) is 20.3 Å². The van der Waals surface area contributed by atoms with Crippen molar-refractivity contribution in [2.24, 2.45) is 0 Å². The summed E-state index contributed by atoms with van der Waals surface area (Å²) in [5.74, 6) is 0.575. The summed E-state index contributed by atoms with van der Waals surface area (Å²) in [7, 11) is 1.63. The van der Waals surface area contributed by atoms with E-state index >= 15 is 0 Å². The molecule has 3 heteroatoms. The number of rotatable bonds is 4. The van der Waals surface area contributed by atoms with Gasteiger partial charge in [-0.3, -0.25) is 0 Å². The maximum Gasteiger partial charge on any atom is 0.119 e. The van der Waals surface area contributed by atoms with Crippen LogP contribution in [0.25, 0.3) is 10.8 Å². The van der Waals surface area contributed by atoms with Gasteiger partial charge in [-0.15, -0.1) is 0 Å². The maximum atomic E-state index is 9.25. The Labute approximate surface area is 100 Å². The molecule has 0 bridgehead atoms. The van der Waals surface area contributed by atoms with E-state index in [2.05, 4.69) is 0 Å². The number of benzene rings is 2. The minimum absolute atomic E-state index is 0.0539. The third-order valence-corrected chi connectivity index (χ3v) is 3.00. The highest BCUT2D eigenvalue weighted by atomic mass is 16.5. The van der Waals surface area contributed by atoms with Crippen LogP contribution in [0.3, 0.4) is 0 Å². The van der Waals surface area contributed by atoms with Gasteiger partial charge in [-0.1, -0.05) is 24.3 Å². The quantitative estimate of drug-likeness (QED) is 0.846. The van der Waals surface area contributed by atoms with E-state index in [0.717, 1.165) is 22.1 Å². The molecule has 0 saturated carbocycles. The number of ether oxygens (including phenoxy) is 1. The van der Waals surface area contributed by atoms with Crippen LogP contribution in [0.5, 0.6) is 5.75 Å². The van der Waals surface area contributed by atoms with E-state index in [4.69, 9.17) is 4.74 Å². The number of aliphatic hydroxyl groups is 2. The van der Waals surface area contributed by atoms with Gasteiger partial charge in [0.2, 0.25) is 0 Å². The van der Waals surface area contributed by atoms with Gasteiger partial charge in [0.1, 0.15) is 5.75 Å². The molecule has 2 rings (SSSR count). The van der Waals surface area contributed by atoms with E-state index in [1.807, 2.05) is 36.4 Å². The van der Waals surface area contributed by atoms with Crippen LogP contribution in [-0.4, -0.2) is 30.5 Å². The Morgan fingerprint density at radius 1 is 1.12 bits per heavy atom. The molecule has 17 heavy (non-hydrogen) atoms. The smallest absolute Gasteiger partial charge is 0.119 e. The number of aliphatic hydroxyl groups excluding tert-OH is 2. The average molecular weight is 232 g/mol. The van der Waals surface area contributed by atoms with Gasteiger partial charge in [0.25, 0.3) is 0 Å². The first-order chi connectivity index (χ1) is 8.30. The minimum atomic E-state index is -0.230. The summed E-state index contributed by atoms with van der Waals surface area (Å²) in [5.41, 5.74) is 0.968. The summed E-state index contributed by atoms with van der Waals surface area (Å²) in [6.45, 7) is -0.108. The van der Waals surface area contributed by atoms with E-state index in [1.54, 1.807) is 7.11 Å². The van der Waals surface area contributed by atoms with E-state index < -0.39 is 0 Å². The lowest BCUT2D eigenvalue weighted by Crippen LogP contribution is -2.09. The molecule has 0 fully saturated rings. The first-order valence-corrected chi connectivity index (χ1v) is 5.58. The van der Waals surface area contributed by atoms with Gasteiger partial charge in [-0.2, -0.15) is 0 Å². The summed E-state index contributed by atoms with van der Waals surface area (Å²) < 4.78 is 5.18. The molecular weight excluding hydrogens is 216 g/mol. The van der Waals surface area contributed by atoms with Crippen molar-refractivity contribution in [3.63, 3.8) is 0 Å². The summed E-state index contributed by atoms with van der Waals surface area (Å²) in [4.78, 5) is 0. The molecular formula is C14H16O3. The summed E-state index contributed by atoms with van der Waals surface area (Å²) in [6, 6.07) is 11.7. The van der Waals surface area contributed by atoms with Gasteiger partial charge in [0.15, 0.2) is 0 Å². The van der Waals surface area contributed by atoms with Crippen molar-refractivity contribution in [2.45, 2.75) is 5.92 Å². The van der Waals surface area contributed by atoms with Gasteiger partial charge >= 0.3 is 0 Å². The van der Waals surface area contributed by atoms with Crippen molar-refractivity contribution in [1.29, 1.82) is 0 Å². The van der Waals surface area contributed by atoms with Crippen LogP contribution in [-0.2, 0) is 0 Å². The second kappa shape index (κ2) is 5.17. The van der Waals surface area contributed by atoms with Crippen molar-refractivity contribution in [1.82, 2.24) is 0 Å². The molecule has 0 amide bonds. The van der Waals surface area contributed by atoms with Crippen LogP contribution < -0.4 is 4.74 Å². The fourth-order valence-corrected chi connectivity index (χ4v) is 2.02. The highest BCUT2D eigenvalue weighted by molar-refractivity contribution is 5.87. The Kier molecular flexibility index (Phi) is 3.61. The third-order valence-electron chi connectivity index (χ3n) is 3.00. The van der Waals surface area contributed by atoms with Crippen molar-refractivity contribution in [3.8, 4) is 5.75 Å². The lowest BCUT2D eigenvalue weighted by atomic mass is 9.94. The average Bonchev–Trinajstić information content (AvgIpc) is 2.39. The Balaban J connectivity index is 2.57. The highest BCUT2D eigenvalue weighted by Crippen LogP contribution is 2.28. The van der Waals surface area contributed by atoms with E-state index in [1.165, 1.54) is 0 Å². The van der Waals surface area contributed by atoms with Crippen molar-refractivity contribution in [2.75, 3.05) is 20.3 Å². The molecule has 2 N–H and O–H groups in total. The molecule has 0 aromatic heterocycles. The summed E-state index contributed by atoms with van der Waals surface area (Å²) >= 11 is 0. The SMILES string of the molecule is COc1ccc2c(C(CO)CO)cccc2c1. The number of fused-ring (bicyclic) bond motifs is 1. The van der Waals surface area contributed by atoms with E-state index in [9.17, 15) is 10.2 Å². The number of hydrogen-bond donors (Lipinski definition) is 2. The molecule has 0 unspecified atom stereocenters. The highest BCUT2D eigenvalue weighted by Gasteiger charge is 2.12. The lowest BCUT2D eigenvalue weighted by molar-refractivity contribution is 0.193. The second-order valence-corrected chi connectivity index (χ2v) is 4.00. The third kappa shape index (κ3) is 2.25. The monoisotopic (exact) mass is 232 g/mol. The molecule has 0 spiro atoms. The Morgan fingerprint density at radius 3 is 2.53 bits per heavy atom. The van der Waals surface area contributed by atoms with Crippen LogP contribution >= 0.6 is 0 Å². The first kappa shape index (κ1) is 11.9. The predicted molar refractivity (Wildman–Crippen MR) is 67.4 cm³/mol. The maximum absolute atomic E-state index is 9.25. The standard InChI is InChI=1S/C14H16O3/c1-17-12-5-6-14-10(7-12)3-2-4-13(14)11(8-15)9-16/h2-7,11,15-16H,8-9H2,1H3. The molecule has 2 aromatic carbocycles. The molecule has 90 valence electrons. The molecule has 3 nitrogen and oxygen atoms in total. The zero-order chi connectivity index (χ0) is 12.3. The van der Waals surface area contributed by atoms with E-state index in [-0.39, 0.29) is 19.1 Å². The van der Waals surface area contributed by atoms with Crippen LogP contribution in [0.2, 0.25) is 0 Å². The minimum Gasteiger partial charge on any atom is -0.497 e.